The molecular formula is C15H19NO2. The Labute approximate surface area is 107 Å². The van der Waals surface area contributed by atoms with Crippen molar-refractivity contribution in [3.05, 3.63) is 29.8 Å². The Kier molecular flexibility index (Phi) is 2.77. The van der Waals surface area contributed by atoms with Crippen molar-refractivity contribution < 1.29 is 9.53 Å². The zero-order valence-corrected chi connectivity index (χ0v) is 10.6. The van der Waals surface area contributed by atoms with Crippen molar-refractivity contribution in [3.63, 3.8) is 0 Å². The van der Waals surface area contributed by atoms with Gasteiger partial charge >= 0.3 is 0 Å². The fourth-order valence-corrected chi connectivity index (χ4v) is 4.03. The average molecular weight is 245 g/mol. The predicted octanol–water partition coefficient (Wildman–Crippen LogP) is 2.31. The lowest BCUT2D eigenvalue weighted by atomic mass is 9.75. The molecular weight excluding hydrogens is 226 g/mol. The van der Waals surface area contributed by atoms with Crippen LogP contribution in [0.15, 0.2) is 24.3 Å². The maximum atomic E-state index is 11.7. The van der Waals surface area contributed by atoms with Crippen molar-refractivity contribution >= 4 is 5.91 Å². The van der Waals surface area contributed by atoms with E-state index < -0.39 is 0 Å². The fourth-order valence-electron chi connectivity index (χ4n) is 4.03. The van der Waals surface area contributed by atoms with E-state index in [-0.39, 0.29) is 11.8 Å². The van der Waals surface area contributed by atoms with Crippen LogP contribution in [-0.4, -0.2) is 13.0 Å². The Morgan fingerprint density at radius 3 is 2.83 bits per heavy atom. The first-order valence-corrected chi connectivity index (χ1v) is 6.64. The molecule has 1 amide bonds. The number of nitrogens with two attached hydrogens (primary N) is 1. The zero-order chi connectivity index (χ0) is 12.7. The summed E-state index contributed by atoms with van der Waals surface area (Å²) in [4.78, 5) is 11.7. The second kappa shape index (κ2) is 4.30. The molecule has 0 spiro atoms. The van der Waals surface area contributed by atoms with Crippen LogP contribution >= 0.6 is 0 Å². The largest absolute Gasteiger partial charge is 0.497 e. The van der Waals surface area contributed by atoms with Gasteiger partial charge in [-0.15, -0.1) is 0 Å². The second-order valence-corrected chi connectivity index (χ2v) is 5.56. The monoisotopic (exact) mass is 245 g/mol. The lowest BCUT2D eigenvalue weighted by molar-refractivity contribution is -0.123. The number of primary amides is 1. The van der Waals surface area contributed by atoms with Gasteiger partial charge in [0.2, 0.25) is 5.91 Å². The van der Waals surface area contributed by atoms with E-state index in [1.807, 2.05) is 12.1 Å². The Morgan fingerprint density at radius 1 is 1.33 bits per heavy atom. The summed E-state index contributed by atoms with van der Waals surface area (Å²) in [5.74, 6) is 2.18. The molecule has 96 valence electrons. The summed E-state index contributed by atoms with van der Waals surface area (Å²) in [6, 6.07) is 8.10. The molecule has 2 aliphatic carbocycles. The predicted molar refractivity (Wildman–Crippen MR) is 69.3 cm³/mol. The minimum atomic E-state index is -0.130. The quantitative estimate of drug-likeness (QED) is 0.888. The molecule has 2 bridgehead atoms. The molecule has 2 fully saturated rings. The first kappa shape index (κ1) is 11.6. The maximum Gasteiger partial charge on any atom is 0.221 e. The molecule has 2 aliphatic rings. The fraction of sp³-hybridized carbons (Fsp3) is 0.533. The average Bonchev–Trinajstić information content (AvgIpc) is 2.98. The maximum absolute atomic E-state index is 11.7. The Morgan fingerprint density at radius 2 is 2.11 bits per heavy atom. The molecule has 1 aromatic rings. The van der Waals surface area contributed by atoms with Crippen LogP contribution in [0.4, 0.5) is 0 Å². The van der Waals surface area contributed by atoms with E-state index in [2.05, 4.69) is 12.1 Å². The van der Waals surface area contributed by atoms with Crippen molar-refractivity contribution in [1.29, 1.82) is 0 Å². The molecule has 4 atom stereocenters. The molecule has 2 saturated carbocycles. The SMILES string of the molecule is COc1cccc([C@H]2[C@H]3CC[C@H](C3)[C@@H]2C(N)=O)c1. The van der Waals surface area contributed by atoms with Crippen LogP contribution in [0.25, 0.3) is 0 Å². The van der Waals surface area contributed by atoms with Gasteiger partial charge in [0.05, 0.1) is 7.11 Å². The van der Waals surface area contributed by atoms with Crippen molar-refractivity contribution in [2.75, 3.05) is 7.11 Å². The Balaban J connectivity index is 1.96. The van der Waals surface area contributed by atoms with E-state index in [1.165, 1.54) is 18.4 Å². The summed E-state index contributed by atoms with van der Waals surface area (Å²) < 4.78 is 5.27. The third kappa shape index (κ3) is 1.69. The van der Waals surface area contributed by atoms with Gasteiger partial charge in [0.15, 0.2) is 0 Å². The number of carbonyl (C=O) groups excluding carboxylic acids is 1. The molecule has 0 aliphatic heterocycles. The lowest BCUT2D eigenvalue weighted by Crippen LogP contribution is -2.33. The molecule has 0 unspecified atom stereocenters. The summed E-state index contributed by atoms with van der Waals surface area (Å²) in [6.45, 7) is 0. The van der Waals surface area contributed by atoms with Crippen LogP contribution in [0.2, 0.25) is 0 Å². The Bertz CT molecular complexity index is 471. The van der Waals surface area contributed by atoms with Gasteiger partial charge in [0, 0.05) is 5.92 Å². The molecule has 2 N–H and O–H groups in total. The number of fused-ring (bicyclic) bond motifs is 2. The van der Waals surface area contributed by atoms with Crippen LogP contribution in [-0.2, 0) is 4.79 Å². The van der Waals surface area contributed by atoms with E-state index in [9.17, 15) is 4.79 Å². The number of ether oxygens (including phenoxy) is 1. The topological polar surface area (TPSA) is 52.3 Å². The highest BCUT2D eigenvalue weighted by Crippen LogP contribution is 2.56. The van der Waals surface area contributed by atoms with E-state index in [4.69, 9.17) is 10.5 Å². The zero-order valence-electron chi connectivity index (χ0n) is 10.6. The van der Waals surface area contributed by atoms with Crippen LogP contribution in [0.5, 0.6) is 5.75 Å². The first-order valence-electron chi connectivity index (χ1n) is 6.64. The van der Waals surface area contributed by atoms with Crippen molar-refractivity contribution in [2.24, 2.45) is 23.5 Å². The summed E-state index contributed by atoms with van der Waals surface area (Å²) in [5.41, 5.74) is 6.83. The molecule has 0 aromatic heterocycles. The molecule has 3 heteroatoms. The van der Waals surface area contributed by atoms with Crippen LogP contribution in [0.1, 0.15) is 30.7 Å². The molecule has 0 heterocycles. The van der Waals surface area contributed by atoms with Gasteiger partial charge in [-0.1, -0.05) is 12.1 Å². The van der Waals surface area contributed by atoms with Crippen molar-refractivity contribution in [1.82, 2.24) is 0 Å². The van der Waals surface area contributed by atoms with Gasteiger partial charge in [-0.2, -0.15) is 0 Å². The molecule has 3 nitrogen and oxygen atoms in total. The minimum Gasteiger partial charge on any atom is -0.497 e. The molecule has 0 saturated heterocycles. The third-order valence-corrected chi connectivity index (χ3v) is 4.72. The number of benzene rings is 1. The van der Waals surface area contributed by atoms with E-state index >= 15 is 0 Å². The Hall–Kier alpha value is -1.51. The minimum absolute atomic E-state index is 0.0239. The lowest BCUT2D eigenvalue weighted by Gasteiger charge is -2.29. The van der Waals surface area contributed by atoms with E-state index in [1.54, 1.807) is 7.11 Å². The van der Waals surface area contributed by atoms with Gasteiger partial charge in [-0.05, 0) is 54.7 Å². The highest BCUT2D eigenvalue weighted by Gasteiger charge is 2.50. The number of amides is 1. The number of rotatable bonds is 3. The van der Waals surface area contributed by atoms with E-state index in [0.717, 1.165) is 12.2 Å². The summed E-state index contributed by atoms with van der Waals surface area (Å²) in [6.07, 6.45) is 3.56. The van der Waals surface area contributed by atoms with Gasteiger partial charge in [-0.3, -0.25) is 4.79 Å². The van der Waals surface area contributed by atoms with Crippen molar-refractivity contribution in [2.45, 2.75) is 25.2 Å². The van der Waals surface area contributed by atoms with E-state index in [0.29, 0.717) is 17.8 Å². The van der Waals surface area contributed by atoms with Crippen LogP contribution in [0.3, 0.4) is 0 Å². The highest BCUT2D eigenvalue weighted by molar-refractivity contribution is 5.79. The molecule has 1 aromatic carbocycles. The van der Waals surface area contributed by atoms with Gasteiger partial charge < -0.3 is 10.5 Å². The summed E-state index contributed by atoms with van der Waals surface area (Å²) in [5, 5.41) is 0. The van der Waals surface area contributed by atoms with Gasteiger partial charge in [0.25, 0.3) is 0 Å². The molecule has 0 radical (unpaired) electrons. The van der Waals surface area contributed by atoms with Crippen LogP contribution < -0.4 is 10.5 Å². The smallest absolute Gasteiger partial charge is 0.221 e. The molecule has 18 heavy (non-hydrogen) atoms. The summed E-state index contributed by atoms with van der Waals surface area (Å²) >= 11 is 0. The number of hydrogen-bond donors (Lipinski definition) is 1. The third-order valence-electron chi connectivity index (χ3n) is 4.72. The number of carbonyl (C=O) groups is 1. The van der Waals surface area contributed by atoms with Crippen LogP contribution in [0, 0.1) is 17.8 Å². The number of hydrogen-bond acceptors (Lipinski definition) is 2. The van der Waals surface area contributed by atoms with Gasteiger partial charge in [-0.25, -0.2) is 0 Å². The highest BCUT2D eigenvalue weighted by atomic mass is 16.5. The number of methoxy groups -OCH3 is 1. The summed E-state index contributed by atoms with van der Waals surface area (Å²) in [7, 11) is 1.67. The van der Waals surface area contributed by atoms with Crippen molar-refractivity contribution in [3.8, 4) is 5.75 Å². The first-order chi connectivity index (χ1) is 8.70. The normalized spacial score (nSPS) is 33.6. The standard InChI is InChI=1S/C15H19NO2/c1-18-12-4-2-3-9(8-12)13-10-5-6-11(7-10)14(13)15(16)17/h2-4,8,10-11,13-14H,5-7H2,1H3,(H2,16,17)/t10-,11+,13-,14-/m0/s1. The van der Waals surface area contributed by atoms with Gasteiger partial charge in [0.1, 0.15) is 5.75 Å². The second-order valence-electron chi connectivity index (χ2n) is 5.56. The molecule has 3 rings (SSSR count).